The Labute approximate surface area is 402 Å². The zero-order valence-electron chi connectivity index (χ0n) is 37.8. The molecule has 0 radical (unpaired) electrons. The van der Waals surface area contributed by atoms with Gasteiger partial charge in [0.15, 0.2) is 0 Å². The maximum atomic E-state index is 13.9. The highest BCUT2D eigenvalue weighted by atomic mass is 32.2. The van der Waals surface area contributed by atoms with Gasteiger partial charge < -0.3 is 10.2 Å². The van der Waals surface area contributed by atoms with Crippen LogP contribution < -0.4 is 14.9 Å². The number of sulfonamides is 1. The fourth-order valence-corrected chi connectivity index (χ4v) is 10.8. The lowest BCUT2D eigenvalue weighted by molar-refractivity contribution is -0.384. The molecule has 5 aromatic carbocycles. The summed E-state index contributed by atoms with van der Waals surface area (Å²) in [6, 6.07) is 37.1. The minimum atomic E-state index is -4.59. The monoisotopic (exact) mass is 964 g/mol. The van der Waals surface area contributed by atoms with E-state index in [1.165, 1.54) is 39.3 Å². The number of hydrogen-bond acceptors (Lipinski definition) is 12. The molecular formula is C50H56N6O6S4. The summed E-state index contributed by atoms with van der Waals surface area (Å²) in [5.41, 5.74) is 6.57. The van der Waals surface area contributed by atoms with Crippen molar-refractivity contribution in [3.63, 3.8) is 0 Å². The van der Waals surface area contributed by atoms with Gasteiger partial charge in [0.05, 0.1) is 14.7 Å². The lowest BCUT2D eigenvalue weighted by Gasteiger charge is -2.36. The number of piperazine rings is 1. The van der Waals surface area contributed by atoms with Gasteiger partial charge in [0.2, 0.25) is 0 Å². The Hall–Kier alpha value is -5.52. The van der Waals surface area contributed by atoms with Crippen LogP contribution in [0.2, 0.25) is 0 Å². The van der Waals surface area contributed by atoms with Gasteiger partial charge in [-0.1, -0.05) is 136 Å². The molecule has 0 spiro atoms. The molecule has 2 aliphatic heterocycles. The maximum absolute atomic E-state index is 13.9. The average molecular weight is 965 g/mol. The van der Waals surface area contributed by atoms with Crippen LogP contribution in [0.5, 0.6) is 0 Å². The van der Waals surface area contributed by atoms with Gasteiger partial charge >= 0.3 is 0 Å². The molecule has 7 rings (SSSR count). The Morgan fingerprint density at radius 3 is 2.24 bits per heavy atom. The fraction of sp³-hybridized carbons (Fsp3) is 0.300. The van der Waals surface area contributed by atoms with Crippen molar-refractivity contribution in [1.82, 2.24) is 14.5 Å². The molecule has 2 fully saturated rings. The van der Waals surface area contributed by atoms with Crippen LogP contribution in [0.25, 0.3) is 17.2 Å². The molecule has 66 heavy (non-hydrogen) atoms. The highest BCUT2D eigenvalue weighted by Gasteiger charge is 2.42. The van der Waals surface area contributed by atoms with Crippen molar-refractivity contribution in [2.75, 3.05) is 48.7 Å². The highest BCUT2D eigenvalue weighted by molar-refractivity contribution is 8.26. The van der Waals surface area contributed by atoms with E-state index >= 15 is 0 Å². The zero-order valence-corrected chi connectivity index (χ0v) is 41.1. The van der Waals surface area contributed by atoms with E-state index in [0.29, 0.717) is 17.2 Å². The highest BCUT2D eigenvalue weighted by Crippen LogP contribution is 2.36. The first-order chi connectivity index (χ1) is 31.8. The van der Waals surface area contributed by atoms with Gasteiger partial charge in [-0.25, -0.2) is 13.1 Å². The summed E-state index contributed by atoms with van der Waals surface area (Å²) in [4.78, 5) is 46.0. The number of aryl methyl sites for hydroxylation is 1. The first-order valence-electron chi connectivity index (χ1n) is 22.0. The van der Waals surface area contributed by atoms with Crippen LogP contribution in [0.4, 0.5) is 17.1 Å². The van der Waals surface area contributed by atoms with Crippen LogP contribution in [0.15, 0.2) is 136 Å². The molecule has 0 aliphatic carbocycles. The van der Waals surface area contributed by atoms with E-state index in [-0.39, 0.29) is 22.3 Å². The standard InChI is InChI=1S/C48H50N6O6S4.C2H6/c1-33(2)29-44(46(55)50-64(59,60)40-21-22-42(43(31-40)54(57)58)49-23-28-62-39-10-5-4-6-11-39)53-47(56)45(63-48(53)61)30-35-15-19-38(20-16-35)52-26-24-51(25-27-52)32-37-9-7-8-12-41(37)36-17-13-34(3)14-18-36;1-2/h4-22,30-31,33,44,49H,23-29,32H2,1-3H3,(H,50,55);1-2H3/b45-30-;. The number of benzene rings is 5. The van der Waals surface area contributed by atoms with Gasteiger partial charge in [0.25, 0.3) is 27.5 Å². The summed E-state index contributed by atoms with van der Waals surface area (Å²) in [5.74, 6) is -0.983. The molecule has 5 aromatic rings. The van der Waals surface area contributed by atoms with Crippen molar-refractivity contribution in [2.45, 2.75) is 63.4 Å². The number of rotatable bonds is 17. The largest absolute Gasteiger partial charge is 0.379 e. The van der Waals surface area contributed by atoms with Gasteiger partial charge in [-0.05, 0) is 84.0 Å². The third-order valence-corrected chi connectivity index (χ3v) is 14.7. The second-order valence-electron chi connectivity index (χ2n) is 16.1. The molecule has 2 amide bonds. The summed E-state index contributed by atoms with van der Waals surface area (Å²) < 4.78 is 29.4. The molecule has 2 heterocycles. The first kappa shape index (κ1) is 49.9. The topological polar surface area (TPSA) is 145 Å². The molecule has 1 unspecified atom stereocenters. The van der Waals surface area contributed by atoms with E-state index in [1.807, 2.05) is 82.3 Å². The second kappa shape index (κ2) is 23.3. The van der Waals surface area contributed by atoms with Gasteiger partial charge in [-0.15, -0.1) is 11.8 Å². The number of hydrogen-bond donors (Lipinski definition) is 2. The van der Waals surface area contributed by atoms with Crippen molar-refractivity contribution in [2.24, 2.45) is 5.92 Å². The molecule has 1 atom stereocenters. The number of thiocarbonyl (C=S) groups is 1. The number of carbonyl (C=O) groups is 2. The Bertz CT molecular complexity index is 2640. The molecule has 12 nitrogen and oxygen atoms in total. The third kappa shape index (κ3) is 12.9. The van der Waals surface area contributed by atoms with Crippen LogP contribution in [0.3, 0.4) is 0 Å². The van der Waals surface area contributed by atoms with Crippen LogP contribution >= 0.6 is 35.7 Å². The Morgan fingerprint density at radius 2 is 1.58 bits per heavy atom. The van der Waals surface area contributed by atoms with E-state index in [0.717, 1.165) is 66.7 Å². The van der Waals surface area contributed by atoms with Gasteiger partial charge in [0.1, 0.15) is 16.0 Å². The molecule has 16 heteroatoms. The lowest BCUT2D eigenvalue weighted by atomic mass is 9.98. The van der Waals surface area contributed by atoms with Gasteiger partial charge in [0, 0.05) is 61.7 Å². The SMILES string of the molecule is CC.Cc1ccc(-c2ccccc2CN2CCN(c3ccc(/C=C4\SC(=S)N(C(CC(C)C)C(=O)NS(=O)(=O)c5ccc(NCCSc6ccccc6)c([N+](=O)[O-])c5)C4=O)cc3)CC2)cc1. The first-order valence-corrected chi connectivity index (χ1v) is 25.7. The van der Waals surface area contributed by atoms with Crippen molar-refractivity contribution in [3.05, 3.63) is 153 Å². The van der Waals surface area contributed by atoms with Crippen LogP contribution in [-0.2, 0) is 26.2 Å². The van der Waals surface area contributed by atoms with Crippen LogP contribution in [-0.4, -0.2) is 83.8 Å². The Morgan fingerprint density at radius 1 is 0.909 bits per heavy atom. The molecule has 0 aromatic heterocycles. The Balaban J connectivity index is 0.00000355. The number of amides is 2. The fourth-order valence-electron chi connectivity index (χ4n) is 7.65. The number of anilines is 2. The van der Waals surface area contributed by atoms with Crippen molar-refractivity contribution >= 4 is 85.0 Å². The van der Waals surface area contributed by atoms with Crippen LogP contribution in [0, 0.1) is 23.0 Å². The normalized spacial score (nSPS) is 15.4. The molecule has 346 valence electrons. The summed E-state index contributed by atoms with van der Waals surface area (Å²) in [6.45, 7) is 14.6. The summed E-state index contributed by atoms with van der Waals surface area (Å²) in [7, 11) is -4.59. The number of nitrogens with one attached hydrogen (secondary N) is 2. The summed E-state index contributed by atoms with van der Waals surface area (Å²) >= 11 is 8.24. The van der Waals surface area contributed by atoms with Crippen molar-refractivity contribution in [1.29, 1.82) is 0 Å². The minimum absolute atomic E-state index is 0.117. The van der Waals surface area contributed by atoms with Crippen molar-refractivity contribution < 1.29 is 22.9 Å². The number of nitro benzene ring substituents is 1. The number of carbonyl (C=O) groups excluding carboxylic acids is 2. The average Bonchev–Trinajstić information content (AvgIpc) is 3.59. The van der Waals surface area contributed by atoms with E-state index in [4.69, 9.17) is 12.2 Å². The maximum Gasteiger partial charge on any atom is 0.293 e. The lowest BCUT2D eigenvalue weighted by Crippen LogP contribution is -2.50. The van der Waals surface area contributed by atoms with Crippen molar-refractivity contribution in [3.8, 4) is 11.1 Å². The zero-order chi connectivity index (χ0) is 47.4. The minimum Gasteiger partial charge on any atom is -0.379 e. The van der Waals surface area contributed by atoms with Gasteiger partial charge in [-0.2, -0.15) is 0 Å². The number of nitrogens with zero attached hydrogens (tertiary/aromatic N) is 4. The molecule has 0 saturated carbocycles. The molecule has 2 N–H and O–H groups in total. The quantitative estimate of drug-likeness (QED) is 0.0229. The van der Waals surface area contributed by atoms with E-state index in [1.54, 1.807) is 17.8 Å². The molecular weight excluding hydrogens is 909 g/mol. The van der Waals surface area contributed by atoms with E-state index in [2.05, 4.69) is 75.3 Å². The van der Waals surface area contributed by atoms with Gasteiger partial charge in [-0.3, -0.25) is 29.5 Å². The van der Waals surface area contributed by atoms with E-state index < -0.39 is 43.4 Å². The summed E-state index contributed by atoms with van der Waals surface area (Å²) in [5, 5.41) is 15.0. The predicted molar refractivity (Wildman–Crippen MR) is 274 cm³/mol. The number of thioether (sulfide) groups is 2. The third-order valence-electron chi connectivity index (χ3n) is 11.0. The number of nitro groups is 1. The molecule has 2 aliphatic rings. The Kier molecular flexibility index (Phi) is 17.6. The van der Waals surface area contributed by atoms with E-state index in [9.17, 15) is 28.1 Å². The smallest absolute Gasteiger partial charge is 0.293 e. The van der Waals surface area contributed by atoms with Crippen LogP contribution in [0.1, 0.15) is 50.8 Å². The predicted octanol–water partition coefficient (Wildman–Crippen LogP) is 10.2. The second-order valence-corrected chi connectivity index (χ2v) is 20.6. The molecule has 2 saturated heterocycles. The summed E-state index contributed by atoms with van der Waals surface area (Å²) in [6.07, 6.45) is 1.84. The molecule has 0 bridgehead atoms.